The molecular formula is C24H25Cl3IN21. The summed E-state index contributed by atoms with van der Waals surface area (Å²) in [5, 5.41) is 28.5. The molecule has 1 N–H and O–H groups in total. The molecule has 49 heavy (non-hydrogen) atoms. The fourth-order valence-corrected chi connectivity index (χ4v) is 4.47. The smallest absolute Gasteiger partial charge is 0.185 e. The van der Waals surface area contributed by atoms with Crippen molar-refractivity contribution < 1.29 is 0 Å². The molecule has 6 rings (SSSR count). The van der Waals surface area contributed by atoms with Gasteiger partial charge in [-0.2, -0.15) is 15.3 Å². The highest BCUT2D eigenvalue weighted by Gasteiger charge is 2.07. The Labute approximate surface area is 304 Å². The summed E-state index contributed by atoms with van der Waals surface area (Å²) in [7, 11) is 0. The van der Waals surface area contributed by atoms with Gasteiger partial charge in [0.2, 0.25) is 0 Å². The van der Waals surface area contributed by atoms with Crippen molar-refractivity contribution in [1.82, 2.24) is 59.7 Å². The lowest BCUT2D eigenvalue weighted by Gasteiger charge is -2.00. The number of hydrogen-bond donors (Lipinski definition) is 1. The molecule has 6 aromatic rings. The molecule has 6 heterocycles. The van der Waals surface area contributed by atoms with Crippen LogP contribution >= 0.6 is 57.4 Å². The van der Waals surface area contributed by atoms with Crippen LogP contribution in [0.5, 0.6) is 0 Å². The van der Waals surface area contributed by atoms with E-state index in [1.165, 1.54) is 19.0 Å². The number of alkyl halides is 1. The monoisotopic (exact) mass is 839 g/mol. The molecule has 0 aliphatic carbocycles. The van der Waals surface area contributed by atoms with Crippen LogP contribution in [0, 0.1) is 0 Å². The second kappa shape index (κ2) is 21.9. The number of rotatable bonds is 11. The maximum absolute atomic E-state index is 8.13. The summed E-state index contributed by atoms with van der Waals surface area (Å²) in [4.78, 5) is 31.4. The van der Waals surface area contributed by atoms with Crippen LogP contribution in [0.4, 0.5) is 0 Å². The number of nitrogens with zero attached hydrogens (tertiary/aromatic N) is 20. The van der Waals surface area contributed by atoms with Crippen LogP contribution < -0.4 is 0 Å². The zero-order valence-corrected chi connectivity index (χ0v) is 29.7. The average Bonchev–Trinajstić information content (AvgIpc) is 3.87. The molecule has 0 amide bonds. The Bertz CT molecular complexity index is 2050. The number of nitrogens with one attached hydrogen (secondary N) is 1. The number of aryl methyl sites for hydroxylation is 2. The summed E-state index contributed by atoms with van der Waals surface area (Å²) < 4.78 is 4.50. The Morgan fingerprint density at radius 3 is 1.94 bits per heavy atom. The first kappa shape index (κ1) is 38.6. The van der Waals surface area contributed by atoms with E-state index >= 15 is 0 Å². The maximum atomic E-state index is 8.13. The first-order valence-corrected chi connectivity index (χ1v) is 16.6. The van der Waals surface area contributed by atoms with Gasteiger partial charge in [-0.25, -0.2) is 34.6 Å². The largest absolute Gasteiger partial charge is 0.270 e. The molecule has 6 aromatic heterocycles. The average molecular weight is 841 g/mol. The topological polar surface area (TPSA) is 288 Å². The van der Waals surface area contributed by atoms with Gasteiger partial charge in [-0.15, -0.1) is 0 Å². The number of hydrogen-bond acceptors (Lipinski definition) is 12. The quantitative estimate of drug-likeness (QED) is 0.0257. The van der Waals surface area contributed by atoms with E-state index in [1.54, 1.807) is 28.0 Å². The first-order valence-electron chi connectivity index (χ1n) is 14.0. The lowest BCUT2D eigenvalue weighted by molar-refractivity contribution is 0.588. The minimum atomic E-state index is 0.395. The van der Waals surface area contributed by atoms with Crippen molar-refractivity contribution in [3.8, 4) is 0 Å². The Morgan fingerprint density at radius 1 is 0.714 bits per heavy atom. The number of aromatic amines is 1. The molecule has 254 valence electrons. The molecule has 0 radical (unpaired) electrons. The Balaban J connectivity index is 0.000000186. The molecule has 0 aliphatic rings. The fraction of sp³-hybridized carbons (Fsp3) is 0.375. The van der Waals surface area contributed by atoms with Crippen LogP contribution in [-0.2, 0) is 13.1 Å². The van der Waals surface area contributed by atoms with Gasteiger partial charge < -0.3 is 0 Å². The lowest BCUT2D eigenvalue weighted by Crippen LogP contribution is -2.02. The Morgan fingerprint density at radius 2 is 1.31 bits per heavy atom. The predicted molar refractivity (Wildman–Crippen MR) is 192 cm³/mol. The van der Waals surface area contributed by atoms with Crippen LogP contribution in [0.1, 0.15) is 19.3 Å². The predicted octanol–water partition coefficient (Wildman–Crippen LogP) is 7.49. The molecule has 25 heteroatoms. The summed E-state index contributed by atoms with van der Waals surface area (Å²) in [6.45, 7) is 2.82. The summed E-state index contributed by atoms with van der Waals surface area (Å²) in [5.41, 5.74) is 25.9. The van der Waals surface area contributed by atoms with E-state index in [1.807, 2.05) is 0 Å². The highest BCUT2D eigenvalue weighted by molar-refractivity contribution is 14.1. The summed E-state index contributed by atoms with van der Waals surface area (Å²) in [6, 6.07) is 0. The van der Waals surface area contributed by atoms with Gasteiger partial charge in [0.1, 0.15) is 34.4 Å². The molecule has 0 aliphatic heterocycles. The van der Waals surface area contributed by atoms with Gasteiger partial charge in [0.25, 0.3) is 0 Å². The van der Waals surface area contributed by atoms with Gasteiger partial charge in [-0.3, -0.25) is 9.78 Å². The molecule has 0 aromatic carbocycles. The highest BCUT2D eigenvalue weighted by atomic mass is 127. The summed E-state index contributed by atoms with van der Waals surface area (Å²) in [6.07, 6.45) is 11.6. The SMILES string of the molecule is Clc1ncnc2[nH]ncc12.[N-]=[N+]=NCCCI.[N-]=[N+]=NCCCn1cc2c(Cl)ncnc2n1.[N-]=[N+]=NCCCn1ncc2c(Cl)ncnc21. The van der Waals surface area contributed by atoms with Crippen LogP contribution in [0.2, 0.25) is 15.5 Å². The maximum Gasteiger partial charge on any atom is 0.185 e. The summed E-state index contributed by atoms with van der Waals surface area (Å²) >= 11 is 19.7. The van der Waals surface area contributed by atoms with Crippen molar-refractivity contribution >= 4 is 90.5 Å². The molecule has 0 saturated carbocycles. The zero-order valence-electron chi connectivity index (χ0n) is 25.3. The number of fused-ring (bicyclic) bond motifs is 3. The third-order valence-corrected chi connectivity index (χ3v) is 7.42. The van der Waals surface area contributed by atoms with E-state index < -0.39 is 0 Å². The molecule has 0 fully saturated rings. The van der Waals surface area contributed by atoms with E-state index in [4.69, 9.17) is 51.4 Å². The minimum Gasteiger partial charge on any atom is -0.270 e. The van der Waals surface area contributed by atoms with Gasteiger partial charge >= 0.3 is 0 Å². The molecule has 0 unspecified atom stereocenters. The van der Waals surface area contributed by atoms with Crippen molar-refractivity contribution in [2.45, 2.75) is 32.4 Å². The van der Waals surface area contributed by atoms with Crippen molar-refractivity contribution in [3.63, 3.8) is 0 Å². The second-order valence-corrected chi connectivity index (χ2v) is 11.1. The summed E-state index contributed by atoms with van der Waals surface area (Å²) in [5.74, 6) is 0. The van der Waals surface area contributed by atoms with Gasteiger partial charge in [-0.1, -0.05) is 72.7 Å². The van der Waals surface area contributed by atoms with Crippen LogP contribution in [-0.4, -0.2) is 83.7 Å². The van der Waals surface area contributed by atoms with Crippen LogP contribution in [0.25, 0.3) is 64.4 Å². The van der Waals surface area contributed by atoms with Gasteiger partial charge in [0.05, 0.1) is 28.6 Å². The number of H-pyrrole nitrogens is 1. The second-order valence-electron chi connectivity index (χ2n) is 8.97. The lowest BCUT2D eigenvalue weighted by atomic mass is 10.4. The molecule has 21 nitrogen and oxygen atoms in total. The standard InChI is InChI=1S/2C8H8ClN7.C5H3ClN4.C3H6IN3/c9-7-6-4-16(3-1-2-13-15-10)14-8(6)12-5-11-7;9-7-6-4-14-16(3-1-2-13-15-10)8(6)12-5-11-7;6-4-3-1-9-10-5(3)8-2-7-4;4-2-1-3-6-7-5/h2*4-5H,1-3H2;1-2H,(H,7,8,9,10);1-3H2. The normalized spacial score (nSPS) is 9.96. The zero-order chi connectivity index (χ0) is 35.3. The van der Waals surface area contributed by atoms with Crippen molar-refractivity contribution in [2.24, 2.45) is 15.3 Å². The van der Waals surface area contributed by atoms with E-state index in [-0.39, 0.29) is 0 Å². The highest BCUT2D eigenvalue weighted by Crippen LogP contribution is 2.19. The van der Waals surface area contributed by atoms with Crippen molar-refractivity contribution in [1.29, 1.82) is 0 Å². The van der Waals surface area contributed by atoms with Crippen molar-refractivity contribution in [2.75, 3.05) is 24.1 Å². The molecule has 0 saturated heterocycles. The number of aromatic nitrogens is 12. The fourth-order valence-electron chi connectivity index (χ4n) is 3.59. The molecule has 0 atom stereocenters. The minimum absolute atomic E-state index is 0.395. The van der Waals surface area contributed by atoms with E-state index in [0.29, 0.717) is 71.5 Å². The Hall–Kier alpha value is -4.82. The van der Waals surface area contributed by atoms with Gasteiger partial charge in [0, 0.05) is 53.7 Å². The van der Waals surface area contributed by atoms with E-state index in [2.05, 4.69) is 103 Å². The van der Waals surface area contributed by atoms with E-state index in [9.17, 15) is 0 Å². The Kier molecular flexibility index (Phi) is 17.3. The van der Waals surface area contributed by atoms with Crippen LogP contribution in [0.3, 0.4) is 0 Å². The third-order valence-electron chi connectivity index (χ3n) is 5.75. The number of halogens is 4. The molecule has 0 spiro atoms. The van der Waals surface area contributed by atoms with E-state index in [0.717, 1.165) is 33.4 Å². The van der Waals surface area contributed by atoms with Crippen LogP contribution in [0.15, 0.2) is 52.9 Å². The van der Waals surface area contributed by atoms with Gasteiger partial charge in [0.15, 0.2) is 16.9 Å². The molecule has 0 bridgehead atoms. The van der Waals surface area contributed by atoms with Gasteiger partial charge in [-0.05, 0) is 40.3 Å². The number of azide groups is 3. The third kappa shape index (κ3) is 12.6. The van der Waals surface area contributed by atoms with Crippen molar-refractivity contribution in [3.05, 3.63) is 84.4 Å². The molecular weight excluding hydrogens is 816 g/mol. The first-order chi connectivity index (χ1) is 23.9.